The van der Waals surface area contributed by atoms with Crippen LogP contribution in [0.2, 0.25) is 0 Å². The fourth-order valence-corrected chi connectivity index (χ4v) is 3.47. The van der Waals surface area contributed by atoms with Crippen LogP contribution in [0, 0.1) is 0 Å². The van der Waals surface area contributed by atoms with E-state index in [4.69, 9.17) is 0 Å². The molecule has 0 aliphatic carbocycles. The SMILES string of the molecule is CC1CN(C2CCc3ccccc3NC2=O)CC(C)N1.Cl. The lowest BCUT2D eigenvalue weighted by Gasteiger charge is -2.39. The summed E-state index contributed by atoms with van der Waals surface area (Å²) in [5.41, 5.74) is 2.23. The fourth-order valence-electron chi connectivity index (χ4n) is 3.47. The minimum Gasteiger partial charge on any atom is -0.324 e. The summed E-state index contributed by atoms with van der Waals surface area (Å²) >= 11 is 0. The maximum absolute atomic E-state index is 12.5. The normalized spacial score (nSPS) is 29.8. The van der Waals surface area contributed by atoms with Crippen molar-refractivity contribution in [1.82, 2.24) is 10.2 Å². The molecule has 2 heterocycles. The number of halogens is 1. The van der Waals surface area contributed by atoms with Gasteiger partial charge in [0, 0.05) is 30.9 Å². The third-order valence-corrected chi connectivity index (χ3v) is 4.29. The molecule has 0 aromatic heterocycles. The Morgan fingerprint density at radius 2 is 1.81 bits per heavy atom. The molecule has 1 aromatic carbocycles. The van der Waals surface area contributed by atoms with Crippen LogP contribution >= 0.6 is 12.4 Å². The summed E-state index contributed by atoms with van der Waals surface area (Å²) in [6, 6.07) is 9.01. The molecule has 5 heteroatoms. The van der Waals surface area contributed by atoms with Gasteiger partial charge in [0.05, 0.1) is 6.04 Å². The van der Waals surface area contributed by atoms with E-state index in [0.29, 0.717) is 12.1 Å². The molecule has 2 aliphatic rings. The maximum atomic E-state index is 12.5. The zero-order valence-electron chi connectivity index (χ0n) is 12.6. The van der Waals surface area contributed by atoms with Crippen molar-refractivity contribution in [1.29, 1.82) is 0 Å². The first-order valence-electron chi connectivity index (χ1n) is 7.52. The van der Waals surface area contributed by atoms with Crippen LogP contribution in [0.3, 0.4) is 0 Å². The Balaban J connectivity index is 0.00000161. The number of nitrogens with zero attached hydrogens (tertiary/aromatic N) is 1. The number of para-hydroxylation sites is 1. The first kappa shape index (κ1) is 16.3. The molecule has 4 nitrogen and oxygen atoms in total. The average molecular weight is 310 g/mol. The van der Waals surface area contributed by atoms with Gasteiger partial charge in [-0.15, -0.1) is 12.4 Å². The molecule has 1 fully saturated rings. The number of aryl methyl sites for hydroxylation is 1. The van der Waals surface area contributed by atoms with Gasteiger partial charge in [0.25, 0.3) is 0 Å². The van der Waals surface area contributed by atoms with Crippen LogP contribution in [0.4, 0.5) is 5.69 Å². The first-order chi connectivity index (χ1) is 9.63. The van der Waals surface area contributed by atoms with E-state index in [2.05, 4.69) is 35.4 Å². The Labute approximate surface area is 132 Å². The summed E-state index contributed by atoms with van der Waals surface area (Å²) in [6.07, 6.45) is 1.87. The van der Waals surface area contributed by atoms with Crippen molar-refractivity contribution in [2.24, 2.45) is 0 Å². The lowest BCUT2D eigenvalue weighted by Crippen LogP contribution is -2.59. The van der Waals surface area contributed by atoms with Gasteiger partial charge >= 0.3 is 0 Å². The zero-order chi connectivity index (χ0) is 14.1. The predicted molar refractivity (Wildman–Crippen MR) is 88.1 cm³/mol. The van der Waals surface area contributed by atoms with Crippen LogP contribution in [-0.2, 0) is 11.2 Å². The van der Waals surface area contributed by atoms with Gasteiger partial charge in [-0.05, 0) is 38.3 Å². The number of amides is 1. The number of rotatable bonds is 1. The van der Waals surface area contributed by atoms with Gasteiger partial charge in [-0.1, -0.05) is 18.2 Å². The Morgan fingerprint density at radius 3 is 2.52 bits per heavy atom. The Morgan fingerprint density at radius 1 is 1.14 bits per heavy atom. The molecule has 2 N–H and O–H groups in total. The molecule has 2 aliphatic heterocycles. The van der Waals surface area contributed by atoms with Gasteiger partial charge < -0.3 is 10.6 Å². The standard InChI is InChI=1S/C16H23N3O.ClH/c1-11-9-19(10-12(2)17-11)15-8-7-13-5-3-4-6-14(13)18-16(15)20;/h3-6,11-12,15,17H,7-10H2,1-2H3,(H,18,20);1H. The van der Waals surface area contributed by atoms with Gasteiger partial charge in [0.2, 0.25) is 5.91 Å². The molecule has 1 saturated heterocycles. The van der Waals surface area contributed by atoms with E-state index in [1.807, 2.05) is 18.2 Å². The summed E-state index contributed by atoms with van der Waals surface area (Å²) in [6.45, 7) is 6.26. The van der Waals surface area contributed by atoms with E-state index in [0.717, 1.165) is 31.6 Å². The monoisotopic (exact) mass is 309 g/mol. The second kappa shape index (κ2) is 6.77. The summed E-state index contributed by atoms with van der Waals surface area (Å²) in [5.74, 6) is 0.149. The highest BCUT2D eigenvalue weighted by atomic mass is 35.5. The van der Waals surface area contributed by atoms with E-state index in [1.165, 1.54) is 5.56 Å². The van der Waals surface area contributed by atoms with Gasteiger partial charge in [0.15, 0.2) is 0 Å². The van der Waals surface area contributed by atoms with Crippen LogP contribution in [-0.4, -0.2) is 42.0 Å². The lowest BCUT2D eigenvalue weighted by molar-refractivity contribution is -0.122. The quantitative estimate of drug-likeness (QED) is 0.834. The Hall–Kier alpha value is -1.10. The lowest BCUT2D eigenvalue weighted by atomic mass is 10.0. The predicted octanol–water partition coefficient (Wildman–Crippen LogP) is 2.04. The third kappa shape index (κ3) is 3.57. The molecule has 3 atom stereocenters. The number of nitrogens with one attached hydrogen (secondary N) is 2. The van der Waals surface area contributed by atoms with Crippen LogP contribution in [0.5, 0.6) is 0 Å². The number of benzene rings is 1. The van der Waals surface area contributed by atoms with E-state index in [-0.39, 0.29) is 24.4 Å². The summed E-state index contributed by atoms with van der Waals surface area (Å²) < 4.78 is 0. The molecule has 3 unspecified atom stereocenters. The fraction of sp³-hybridized carbons (Fsp3) is 0.562. The molecule has 3 rings (SSSR count). The number of carbonyl (C=O) groups is 1. The highest BCUT2D eigenvalue weighted by molar-refractivity contribution is 5.96. The molecule has 1 aromatic rings. The van der Waals surface area contributed by atoms with Crippen LogP contribution in [0.25, 0.3) is 0 Å². The molecule has 21 heavy (non-hydrogen) atoms. The molecule has 116 valence electrons. The van der Waals surface area contributed by atoms with Gasteiger partial charge in [0.1, 0.15) is 0 Å². The number of carbonyl (C=O) groups excluding carboxylic acids is 1. The average Bonchev–Trinajstić information content (AvgIpc) is 2.55. The molecule has 0 radical (unpaired) electrons. The van der Waals surface area contributed by atoms with Crippen molar-refractivity contribution in [3.8, 4) is 0 Å². The van der Waals surface area contributed by atoms with E-state index in [9.17, 15) is 4.79 Å². The van der Waals surface area contributed by atoms with Crippen molar-refractivity contribution < 1.29 is 4.79 Å². The van der Waals surface area contributed by atoms with Gasteiger partial charge in [-0.2, -0.15) is 0 Å². The Bertz CT molecular complexity index is 498. The summed E-state index contributed by atoms with van der Waals surface area (Å²) in [5, 5.41) is 6.62. The first-order valence-corrected chi connectivity index (χ1v) is 7.52. The summed E-state index contributed by atoms with van der Waals surface area (Å²) in [7, 11) is 0. The molecule has 1 amide bonds. The molecule has 0 saturated carbocycles. The number of piperazine rings is 1. The zero-order valence-corrected chi connectivity index (χ0v) is 13.5. The van der Waals surface area contributed by atoms with Crippen LogP contribution in [0.1, 0.15) is 25.8 Å². The highest BCUT2D eigenvalue weighted by Crippen LogP contribution is 2.24. The topological polar surface area (TPSA) is 44.4 Å². The number of anilines is 1. The van der Waals surface area contributed by atoms with Gasteiger partial charge in [-0.3, -0.25) is 9.69 Å². The minimum atomic E-state index is -0.00519. The second-order valence-electron chi connectivity index (χ2n) is 6.12. The minimum absolute atomic E-state index is 0. The van der Waals surface area contributed by atoms with E-state index in [1.54, 1.807) is 0 Å². The highest BCUT2D eigenvalue weighted by Gasteiger charge is 2.32. The van der Waals surface area contributed by atoms with Crippen LogP contribution < -0.4 is 10.6 Å². The van der Waals surface area contributed by atoms with E-state index >= 15 is 0 Å². The number of fused-ring (bicyclic) bond motifs is 1. The molecule has 0 spiro atoms. The largest absolute Gasteiger partial charge is 0.324 e. The molecular weight excluding hydrogens is 286 g/mol. The molecule has 0 bridgehead atoms. The maximum Gasteiger partial charge on any atom is 0.241 e. The van der Waals surface area contributed by atoms with E-state index < -0.39 is 0 Å². The van der Waals surface area contributed by atoms with Crippen molar-refractivity contribution in [3.63, 3.8) is 0 Å². The van der Waals surface area contributed by atoms with Crippen molar-refractivity contribution >= 4 is 24.0 Å². The van der Waals surface area contributed by atoms with Crippen LogP contribution in [0.15, 0.2) is 24.3 Å². The van der Waals surface area contributed by atoms with Crippen molar-refractivity contribution in [3.05, 3.63) is 29.8 Å². The van der Waals surface area contributed by atoms with Crippen molar-refractivity contribution in [2.45, 2.75) is 44.8 Å². The Kier molecular flexibility index (Phi) is 5.25. The third-order valence-electron chi connectivity index (χ3n) is 4.29. The smallest absolute Gasteiger partial charge is 0.241 e. The second-order valence-corrected chi connectivity index (χ2v) is 6.12. The number of hydrogen-bond acceptors (Lipinski definition) is 3. The number of hydrogen-bond donors (Lipinski definition) is 2. The molecular formula is C16H24ClN3O. The van der Waals surface area contributed by atoms with Crippen molar-refractivity contribution in [2.75, 3.05) is 18.4 Å². The van der Waals surface area contributed by atoms with Gasteiger partial charge in [-0.25, -0.2) is 0 Å². The summed E-state index contributed by atoms with van der Waals surface area (Å²) in [4.78, 5) is 14.9.